The number of hydrogen-bond donors (Lipinski definition) is 4. The van der Waals surface area contributed by atoms with E-state index in [2.05, 4.69) is 39.1 Å². The van der Waals surface area contributed by atoms with Crippen LogP contribution in [0.2, 0.25) is 0 Å². The minimum atomic E-state index is -3.20. The topological polar surface area (TPSA) is 135 Å². The van der Waals surface area contributed by atoms with Gasteiger partial charge < -0.3 is 20.7 Å². The molecule has 0 aliphatic carbocycles. The largest absolute Gasteiger partial charge is 0.388 e. The lowest BCUT2D eigenvalue weighted by molar-refractivity contribution is 0.265. The van der Waals surface area contributed by atoms with Gasteiger partial charge in [-0.05, 0) is 49.2 Å². The van der Waals surface area contributed by atoms with Gasteiger partial charge in [0.25, 0.3) is 0 Å². The van der Waals surface area contributed by atoms with Crippen LogP contribution in [-0.2, 0) is 23.2 Å². The summed E-state index contributed by atoms with van der Waals surface area (Å²) >= 11 is 0. The predicted octanol–water partition coefficient (Wildman–Crippen LogP) is 1.88. The number of hydrogen-bond acceptors (Lipinski definition) is 7. The van der Waals surface area contributed by atoms with E-state index in [1.54, 1.807) is 0 Å². The monoisotopic (exact) mass is 456 g/mol. The number of imidazole rings is 1. The molecule has 0 fully saturated rings. The molecule has 32 heavy (non-hydrogen) atoms. The summed E-state index contributed by atoms with van der Waals surface area (Å²) in [5.74, 6) is 0.833. The summed E-state index contributed by atoms with van der Waals surface area (Å²) in [5.41, 5.74) is 10.7. The molecule has 4 rings (SSSR count). The van der Waals surface area contributed by atoms with E-state index in [-0.39, 0.29) is 12.6 Å². The Morgan fingerprint density at radius 1 is 1.28 bits per heavy atom. The average Bonchev–Trinajstić information content (AvgIpc) is 3.12. The molecule has 0 saturated heterocycles. The second-order valence-corrected chi connectivity index (χ2v) is 9.84. The summed E-state index contributed by atoms with van der Waals surface area (Å²) in [5, 5.41) is 14.1. The number of allylic oxidation sites excluding steroid dienone is 2. The summed E-state index contributed by atoms with van der Waals surface area (Å²) in [6, 6.07) is 6.30. The number of dihydropyridines is 1. The average molecular weight is 457 g/mol. The Hall–Kier alpha value is -2.95. The molecular formula is C22H28N6O3S. The van der Waals surface area contributed by atoms with Crippen molar-refractivity contribution in [1.29, 1.82) is 0 Å². The molecule has 170 valence electrons. The number of aliphatic hydroxyl groups excluding tert-OH is 1. The number of nitrogens with one attached hydrogen (secondary N) is 2. The van der Waals surface area contributed by atoms with Crippen LogP contribution in [0.25, 0.3) is 27.5 Å². The second kappa shape index (κ2) is 8.89. The first-order valence-corrected chi connectivity index (χ1v) is 12.4. The van der Waals surface area contributed by atoms with E-state index in [9.17, 15) is 13.5 Å². The number of anilines is 1. The van der Waals surface area contributed by atoms with Crippen molar-refractivity contribution in [3.05, 3.63) is 47.9 Å². The van der Waals surface area contributed by atoms with Gasteiger partial charge in [0.05, 0.1) is 17.3 Å². The lowest BCUT2D eigenvalue weighted by Gasteiger charge is -2.20. The fourth-order valence-electron chi connectivity index (χ4n) is 4.08. The van der Waals surface area contributed by atoms with E-state index in [0.717, 1.165) is 33.8 Å². The van der Waals surface area contributed by atoms with Gasteiger partial charge in [-0.2, -0.15) is 0 Å². The SMILES string of the molecule is CC1NC=CC=C1c1ccc2c(c1)nc(N)c1nc(CO)n(CCCCNS(C)(=O)=O)c12. The zero-order chi connectivity index (χ0) is 22.9. The predicted molar refractivity (Wildman–Crippen MR) is 127 cm³/mol. The minimum Gasteiger partial charge on any atom is -0.388 e. The van der Waals surface area contributed by atoms with Crippen LogP contribution in [0.3, 0.4) is 0 Å². The van der Waals surface area contributed by atoms with E-state index >= 15 is 0 Å². The molecular weight excluding hydrogens is 428 g/mol. The van der Waals surface area contributed by atoms with Crippen molar-refractivity contribution >= 4 is 43.4 Å². The Bertz CT molecular complexity index is 1330. The van der Waals surface area contributed by atoms with E-state index in [0.29, 0.717) is 43.1 Å². The van der Waals surface area contributed by atoms with Gasteiger partial charge in [-0.1, -0.05) is 18.2 Å². The van der Waals surface area contributed by atoms with Gasteiger partial charge in [0.2, 0.25) is 10.0 Å². The Morgan fingerprint density at radius 2 is 2.09 bits per heavy atom. The number of nitrogens with two attached hydrogens (primary N) is 1. The maximum absolute atomic E-state index is 11.3. The van der Waals surface area contributed by atoms with Crippen molar-refractivity contribution in [1.82, 2.24) is 24.6 Å². The van der Waals surface area contributed by atoms with Crippen LogP contribution >= 0.6 is 0 Å². The molecule has 3 heterocycles. The van der Waals surface area contributed by atoms with Crippen molar-refractivity contribution in [3.8, 4) is 0 Å². The van der Waals surface area contributed by atoms with Crippen LogP contribution in [0.1, 0.15) is 31.2 Å². The van der Waals surface area contributed by atoms with Gasteiger partial charge in [0.15, 0.2) is 5.82 Å². The van der Waals surface area contributed by atoms with Crippen LogP contribution in [0.5, 0.6) is 0 Å². The van der Waals surface area contributed by atoms with Crippen LogP contribution in [0.4, 0.5) is 5.82 Å². The van der Waals surface area contributed by atoms with Crippen molar-refractivity contribution in [3.63, 3.8) is 0 Å². The Kier molecular flexibility index (Phi) is 6.18. The first-order valence-electron chi connectivity index (χ1n) is 10.6. The second-order valence-electron chi connectivity index (χ2n) is 8.01. The minimum absolute atomic E-state index is 0.186. The molecule has 0 radical (unpaired) electrons. The lowest BCUT2D eigenvalue weighted by atomic mass is 9.96. The Morgan fingerprint density at radius 3 is 2.81 bits per heavy atom. The zero-order valence-electron chi connectivity index (χ0n) is 18.2. The van der Waals surface area contributed by atoms with Crippen molar-refractivity contribution in [2.75, 3.05) is 18.5 Å². The summed E-state index contributed by atoms with van der Waals surface area (Å²) in [7, 11) is -3.20. The molecule has 3 aromatic rings. The molecule has 5 N–H and O–H groups in total. The number of rotatable bonds is 8. The third-order valence-corrected chi connectivity index (χ3v) is 6.34. The quantitative estimate of drug-likeness (QED) is 0.380. The number of sulfonamides is 1. The maximum atomic E-state index is 11.3. The van der Waals surface area contributed by atoms with Crippen LogP contribution < -0.4 is 15.8 Å². The fraction of sp³-hybridized carbons (Fsp3) is 0.364. The smallest absolute Gasteiger partial charge is 0.208 e. The molecule has 9 nitrogen and oxygen atoms in total. The number of aromatic nitrogens is 3. The van der Waals surface area contributed by atoms with Gasteiger partial charge in [-0.3, -0.25) is 0 Å². The standard InChI is InChI=1S/C22H28N6O3S/c1-14-16(6-5-9-24-14)15-7-8-17-18(12-15)26-22(23)20-21(17)28(19(13-29)27-20)11-4-3-10-25-32(2,30)31/h5-9,12,14,24-25,29H,3-4,10-11,13H2,1-2H3,(H2,23,26). The first kappa shape index (κ1) is 22.3. The number of unbranched alkanes of at least 4 members (excludes halogenated alkanes) is 1. The molecule has 0 spiro atoms. The van der Waals surface area contributed by atoms with Gasteiger partial charge in [0, 0.05) is 24.5 Å². The number of nitrogens with zero attached hydrogens (tertiary/aromatic N) is 3. The van der Waals surface area contributed by atoms with Gasteiger partial charge in [-0.25, -0.2) is 23.1 Å². The summed E-state index contributed by atoms with van der Waals surface area (Å²) in [4.78, 5) is 9.11. The molecule has 1 atom stereocenters. The number of aryl methyl sites for hydroxylation is 1. The Balaban J connectivity index is 1.72. The van der Waals surface area contributed by atoms with Crippen molar-refractivity contribution < 1.29 is 13.5 Å². The number of nitrogen functional groups attached to an aromatic ring is 1. The third-order valence-electron chi connectivity index (χ3n) is 5.62. The number of fused-ring (bicyclic) bond motifs is 3. The normalized spacial score (nSPS) is 16.5. The third kappa shape index (κ3) is 4.47. The molecule has 0 saturated carbocycles. The summed E-state index contributed by atoms with van der Waals surface area (Å²) in [6.07, 6.45) is 8.51. The molecule has 2 aromatic heterocycles. The lowest BCUT2D eigenvalue weighted by Crippen LogP contribution is -2.23. The van der Waals surface area contributed by atoms with Crippen molar-refractivity contribution in [2.45, 2.75) is 39.0 Å². The maximum Gasteiger partial charge on any atom is 0.208 e. The molecule has 1 aliphatic rings. The highest BCUT2D eigenvalue weighted by atomic mass is 32.2. The molecule has 1 aromatic carbocycles. The summed E-state index contributed by atoms with van der Waals surface area (Å²) in [6.45, 7) is 2.82. The number of benzene rings is 1. The van der Waals surface area contributed by atoms with E-state index in [1.807, 2.05) is 29.0 Å². The highest BCUT2D eigenvalue weighted by molar-refractivity contribution is 7.88. The van der Waals surface area contributed by atoms with E-state index in [4.69, 9.17) is 5.73 Å². The highest BCUT2D eigenvalue weighted by Crippen LogP contribution is 2.32. The molecule has 1 aliphatic heterocycles. The van der Waals surface area contributed by atoms with Crippen molar-refractivity contribution in [2.24, 2.45) is 0 Å². The van der Waals surface area contributed by atoms with E-state index < -0.39 is 10.0 Å². The Labute approximate surface area is 187 Å². The van der Waals surface area contributed by atoms with Crippen LogP contribution in [0.15, 0.2) is 36.6 Å². The van der Waals surface area contributed by atoms with Crippen LogP contribution in [0, 0.1) is 0 Å². The number of pyridine rings is 1. The first-order chi connectivity index (χ1) is 15.3. The van der Waals surface area contributed by atoms with Crippen LogP contribution in [-0.4, -0.2) is 46.9 Å². The molecule has 0 amide bonds. The van der Waals surface area contributed by atoms with Gasteiger partial charge >= 0.3 is 0 Å². The van der Waals surface area contributed by atoms with Gasteiger partial charge in [-0.15, -0.1) is 0 Å². The van der Waals surface area contributed by atoms with Gasteiger partial charge in [0.1, 0.15) is 17.9 Å². The zero-order valence-corrected chi connectivity index (χ0v) is 19.0. The summed E-state index contributed by atoms with van der Waals surface area (Å²) < 4.78 is 27.0. The highest BCUT2D eigenvalue weighted by Gasteiger charge is 2.18. The fourth-order valence-corrected chi connectivity index (χ4v) is 4.60. The molecule has 1 unspecified atom stereocenters. The molecule has 0 bridgehead atoms. The number of aliphatic hydroxyl groups is 1. The van der Waals surface area contributed by atoms with E-state index in [1.165, 1.54) is 0 Å². The molecule has 10 heteroatoms.